The predicted molar refractivity (Wildman–Crippen MR) is 114 cm³/mol. The summed E-state index contributed by atoms with van der Waals surface area (Å²) in [5.74, 6) is -0.0947. The number of amides is 1. The zero-order valence-electron chi connectivity index (χ0n) is 18.3. The largest absolute Gasteiger partial charge is 0.389 e. The minimum Gasteiger partial charge on any atom is -0.389 e. The van der Waals surface area contributed by atoms with E-state index in [9.17, 15) is 14.3 Å². The summed E-state index contributed by atoms with van der Waals surface area (Å²) in [5.41, 5.74) is 0.875. The number of halogens is 1. The molecular formula is C23H34FN3O4. The molecule has 0 spiro atoms. The first-order valence-electron chi connectivity index (χ1n) is 11.3. The lowest BCUT2D eigenvalue weighted by Gasteiger charge is -2.45. The molecule has 3 aliphatic rings. The molecule has 8 heteroatoms. The summed E-state index contributed by atoms with van der Waals surface area (Å²) >= 11 is 0. The Morgan fingerprint density at radius 2 is 2.00 bits per heavy atom. The number of hydrogen-bond donors (Lipinski definition) is 1. The van der Waals surface area contributed by atoms with Gasteiger partial charge in [0.2, 0.25) is 5.91 Å². The number of rotatable bonds is 4. The third kappa shape index (κ3) is 6.02. The van der Waals surface area contributed by atoms with Crippen LogP contribution in [0.4, 0.5) is 4.39 Å². The van der Waals surface area contributed by atoms with Gasteiger partial charge in [-0.1, -0.05) is 12.1 Å². The first kappa shape index (κ1) is 22.6. The van der Waals surface area contributed by atoms with Crippen LogP contribution in [0.25, 0.3) is 0 Å². The van der Waals surface area contributed by atoms with Crippen molar-refractivity contribution in [3.8, 4) is 0 Å². The number of nitrogens with zero attached hydrogens (tertiary/aromatic N) is 3. The molecule has 1 amide bonds. The number of benzene rings is 1. The van der Waals surface area contributed by atoms with Gasteiger partial charge in [-0.05, 0) is 37.6 Å². The number of aliphatic hydroxyl groups excluding tert-OH is 1. The van der Waals surface area contributed by atoms with Crippen molar-refractivity contribution >= 4 is 5.91 Å². The van der Waals surface area contributed by atoms with Gasteiger partial charge in [-0.15, -0.1) is 0 Å². The molecular weight excluding hydrogens is 401 g/mol. The van der Waals surface area contributed by atoms with E-state index in [1.807, 2.05) is 11.0 Å². The van der Waals surface area contributed by atoms with Crippen LogP contribution in [0.2, 0.25) is 0 Å². The fourth-order valence-corrected chi connectivity index (χ4v) is 4.88. The van der Waals surface area contributed by atoms with Crippen molar-refractivity contribution < 1.29 is 23.8 Å². The summed E-state index contributed by atoms with van der Waals surface area (Å²) in [6, 6.07) is 6.66. The van der Waals surface area contributed by atoms with Crippen molar-refractivity contribution in [2.75, 3.05) is 53.0 Å². The smallest absolute Gasteiger partial charge is 0.225 e. The van der Waals surface area contributed by atoms with Crippen LogP contribution < -0.4 is 0 Å². The lowest BCUT2D eigenvalue weighted by molar-refractivity contribution is -0.161. The van der Waals surface area contributed by atoms with E-state index in [4.69, 9.17) is 9.47 Å². The number of hydrogen-bond acceptors (Lipinski definition) is 6. The van der Waals surface area contributed by atoms with Crippen LogP contribution in [0.15, 0.2) is 24.3 Å². The molecule has 7 nitrogen and oxygen atoms in total. The molecule has 3 saturated heterocycles. The lowest BCUT2D eigenvalue weighted by atomic mass is 9.94. The maximum absolute atomic E-state index is 13.7. The van der Waals surface area contributed by atoms with Crippen LogP contribution in [-0.4, -0.2) is 103 Å². The maximum atomic E-state index is 13.7. The lowest BCUT2D eigenvalue weighted by Crippen LogP contribution is -2.55. The second-order valence-corrected chi connectivity index (χ2v) is 9.08. The molecule has 1 aromatic rings. The van der Waals surface area contributed by atoms with E-state index in [0.29, 0.717) is 26.1 Å². The Balaban J connectivity index is 1.38. The number of likely N-dealkylation sites (N-methyl/N-ethyl adjacent to an activating group) is 1. The highest BCUT2D eigenvalue weighted by atomic mass is 19.1. The van der Waals surface area contributed by atoms with Gasteiger partial charge in [-0.3, -0.25) is 9.69 Å². The van der Waals surface area contributed by atoms with E-state index in [2.05, 4.69) is 16.8 Å². The van der Waals surface area contributed by atoms with Crippen LogP contribution in [0.1, 0.15) is 24.8 Å². The van der Waals surface area contributed by atoms with Crippen molar-refractivity contribution in [1.29, 1.82) is 0 Å². The molecule has 3 heterocycles. The molecule has 1 N–H and O–H groups in total. The standard InChI is InChI=1S/C23H34FN3O4/c1-25-7-9-26(10-8-25)23(29)12-20-5-6-21-22(31-20)16-30-15-19(28)14-27(21)13-17-3-2-4-18(24)11-17/h2-4,11,19-22,28H,5-10,12-16H2,1H3/t19-,20+,21-,22+/m0/s1. The Bertz CT molecular complexity index is 743. The number of aliphatic hydroxyl groups is 1. The number of ether oxygens (including phenoxy) is 2. The molecule has 4 atom stereocenters. The first-order valence-corrected chi connectivity index (χ1v) is 11.3. The minimum absolute atomic E-state index is 0.0632. The Morgan fingerprint density at radius 1 is 1.19 bits per heavy atom. The van der Waals surface area contributed by atoms with Gasteiger partial charge < -0.3 is 24.4 Å². The minimum atomic E-state index is -0.592. The Kier molecular flexibility index (Phi) is 7.55. The highest BCUT2D eigenvalue weighted by Gasteiger charge is 2.38. The number of fused-ring (bicyclic) bond motifs is 1. The van der Waals surface area contributed by atoms with E-state index in [0.717, 1.165) is 44.6 Å². The summed E-state index contributed by atoms with van der Waals surface area (Å²) < 4.78 is 25.7. The summed E-state index contributed by atoms with van der Waals surface area (Å²) in [6.07, 6.45) is 1.18. The number of piperazine rings is 1. The number of carbonyl (C=O) groups is 1. The van der Waals surface area contributed by atoms with Crippen molar-refractivity contribution in [2.24, 2.45) is 0 Å². The van der Waals surface area contributed by atoms with Crippen molar-refractivity contribution in [3.05, 3.63) is 35.6 Å². The second-order valence-electron chi connectivity index (χ2n) is 9.08. The van der Waals surface area contributed by atoms with Gasteiger partial charge in [0, 0.05) is 45.3 Å². The monoisotopic (exact) mass is 435 g/mol. The quantitative estimate of drug-likeness (QED) is 0.764. The molecule has 0 bridgehead atoms. The normalized spacial score (nSPS) is 31.0. The fourth-order valence-electron chi connectivity index (χ4n) is 4.88. The summed E-state index contributed by atoms with van der Waals surface area (Å²) in [6.45, 7) is 5.00. The Morgan fingerprint density at radius 3 is 2.77 bits per heavy atom. The topological polar surface area (TPSA) is 65.5 Å². The van der Waals surface area contributed by atoms with Crippen molar-refractivity contribution in [3.63, 3.8) is 0 Å². The van der Waals surface area contributed by atoms with Gasteiger partial charge in [-0.25, -0.2) is 4.39 Å². The van der Waals surface area contributed by atoms with E-state index < -0.39 is 6.10 Å². The molecule has 0 aromatic heterocycles. The zero-order valence-corrected chi connectivity index (χ0v) is 18.3. The highest BCUT2D eigenvalue weighted by Crippen LogP contribution is 2.29. The average Bonchev–Trinajstić information content (AvgIpc) is 2.73. The summed E-state index contributed by atoms with van der Waals surface area (Å²) in [4.78, 5) is 19.1. The molecule has 0 radical (unpaired) electrons. The van der Waals surface area contributed by atoms with E-state index in [1.165, 1.54) is 12.1 Å². The first-order chi connectivity index (χ1) is 15.0. The molecule has 0 aliphatic carbocycles. The average molecular weight is 436 g/mol. The molecule has 4 rings (SSSR count). The van der Waals surface area contributed by atoms with Crippen LogP contribution in [0, 0.1) is 5.82 Å². The van der Waals surface area contributed by atoms with Gasteiger partial charge in [0.25, 0.3) is 0 Å². The third-order valence-corrected chi connectivity index (χ3v) is 6.62. The summed E-state index contributed by atoms with van der Waals surface area (Å²) in [5, 5.41) is 10.3. The van der Waals surface area contributed by atoms with Gasteiger partial charge in [0.1, 0.15) is 5.82 Å². The van der Waals surface area contributed by atoms with Crippen LogP contribution >= 0.6 is 0 Å². The van der Waals surface area contributed by atoms with Gasteiger partial charge in [0.05, 0.1) is 37.9 Å². The highest BCUT2D eigenvalue weighted by molar-refractivity contribution is 5.76. The number of carbonyl (C=O) groups excluding carboxylic acids is 1. The third-order valence-electron chi connectivity index (χ3n) is 6.62. The molecule has 1 aromatic carbocycles. The van der Waals surface area contributed by atoms with Crippen molar-refractivity contribution in [1.82, 2.24) is 14.7 Å². The predicted octanol–water partition coefficient (Wildman–Crippen LogP) is 1.10. The SMILES string of the molecule is CN1CCN(C(=O)C[C@H]2CC[C@H]3[C@@H](COC[C@@H](O)CN3Cc3cccc(F)c3)O2)CC1. The van der Waals surface area contributed by atoms with Gasteiger partial charge >= 0.3 is 0 Å². The molecule has 0 unspecified atom stereocenters. The number of β-amino-alcohol motifs (C(OH)–C–C–N with tert-alkyl or cyclic N) is 1. The fraction of sp³-hybridized carbons (Fsp3) is 0.696. The molecule has 172 valence electrons. The Labute approximate surface area is 183 Å². The second kappa shape index (κ2) is 10.4. The van der Waals surface area contributed by atoms with Gasteiger partial charge in [0.15, 0.2) is 0 Å². The van der Waals surface area contributed by atoms with Crippen LogP contribution in [0.3, 0.4) is 0 Å². The van der Waals surface area contributed by atoms with Gasteiger partial charge in [-0.2, -0.15) is 0 Å². The zero-order chi connectivity index (χ0) is 21.8. The molecule has 3 aliphatic heterocycles. The molecule has 31 heavy (non-hydrogen) atoms. The molecule has 3 fully saturated rings. The van der Waals surface area contributed by atoms with E-state index >= 15 is 0 Å². The van der Waals surface area contributed by atoms with Crippen molar-refractivity contribution in [2.45, 2.75) is 50.2 Å². The van der Waals surface area contributed by atoms with Crippen LogP contribution in [0.5, 0.6) is 0 Å². The summed E-state index contributed by atoms with van der Waals surface area (Å²) in [7, 11) is 2.08. The van der Waals surface area contributed by atoms with E-state index in [-0.39, 0.29) is 36.6 Å². The maximum Gasteiger partial charge on any atom is 0.225 e. The Hall–Kier alpha value is -1.58. The van der Waals surface area contributed by atoms with Crippen LogP contribution in [-0.2, 0) is 20.8 Å². The molecule has 0 saturated carbocycles. The van der Waals surface area contributed by atoms with E-state index in [1.54, 1.807) is 6.07 Å².